The topological polar surface area (TPSA) is 157 Å². The average Bonchev–Trinajstić information content (AvgIpc) is 3.10. The highest BCUT2D eigenvalue weighted by molar-refractivity contribution is 7.86. The Morgan fingerprint density at radius 1 is 1.06 bits per heavy atom. The molecule has 52 heavy (non-hydrogen) atoms. The summed E-state index contributed by atoms with van der Waals surface area (Å²) in [6, 6.07) is 11.5. The van der Waals surface area contributed by atoms with Crippen molar-refractivity contribution in [1.82, 2.24) is 10.3 Å². The summed E-state index contributed by atoms with van der Waals surface area (Å²) in [5.41, 5.74) is 7.77. The van der Waals surface area contributed by atoms with Gasteiger partial charge in [0.15, 0.2) is 5.78 Å². The Kier molecular flexibility index (Phi) is 13.9. The van der Waals surface area contributed by atoms with E-state index in [1.54, 1.807) is 13.1 Å². The van der Waals surface area contributed by atoms with Gasteiger partial charge in [-0.2, -0.15) is 4.36 Å². The molecule has 0 aliphatic carbocycles. The zero-order chi connectivity index (χ0) is 38.0. The van der Waals surface area contributed by atoms with Crippen LogP contribution in [0.15, 0.2) is 76.4 Å². The summed E-state index contributed by atoms with van der Waals surface area (Å²) in [5.74, 6) is 0.165. The van der Waals surface area contributed by atoms with Crippen molar-refractivity contribution in [3.05, 3.63) is 89.8 Å². The SMILES string of the molecule is COc1cc(F)ccc1-c1cc(NC2=NC=CC(C)(CS(C)=NC(=O)OCc3ccc(CCC(=O)[C@H](C)NC(=O)[C@@H](N)C(C)C)cc3)C2)ncc1F. The maximum Gasteiger partial charge on any atom is 0.439 e. The van der Waals surface area contributed by atoms with Crippen LogP contribution in [-0.4, -0.2) is 59.8 Å². The molecule has 2 heterocycles. The second-order valence-electron chi connectivity index (χ2n) is 13.4. The number of hydrogen-bond acceptors (Lipinski definition) is 9. The molecule has 0 bridgehead atoms. The van der Waals surface area contributed by atoms with Gasteiger partial charge in [0.05, 0.1) is 25.4 Å². The van der Waals surface area contributed by atoms with Gasteiger partial charge >= 0.3 is 6.09 Å². The molecule has 14 heteroatoms. The molecule has 11 nitrogen and oxygen atoms in total. The summed E-state index contributed by atoms with van der Waals surface area (Å²) >= 11 is 0. The highest BCUT2D eigenvalue weighted by Gasteiger charge is 2.28. The number of anilines is 1. The zero-order valence-electron chi connectivity index (χ0n) is 30.2. The number of aryl methyl sites for hydroxylation is 1. The fourth-order valence-electron chi connectivity index (χ4n) is 5.51. The van der Waals surface area contributed by atoms with Crippen LogP contribution in [0.5, 0.6) is 5.75 Å². The number of hydrogen-bond donors (Lipinski definition) is 3. The van der Waals surface area contributed by atoms with E-state index in [2.05, 4.69) is 25.0 Å². The number of carbonyl (C=O) groups is 3. The molecule has 4 rings (SSSR count). The number of nitrogens with two attached hydrogens (primary N) is 1. The quantitative estimate of drug-likeness (QED) is 0.169. The molecule has 1 aliphatic rings. The largest absolute Gasteiger partial charge is 0.496 e. The van der Waals surface area contributed by atoms with E-state index < -0.39 is 45.9 Å². The Morgan fingerprint density at radius 3 is 2.46 bits per heavy atom. The van der Waals surface area contributed by atoms with E-state index in [0.717, 1.165) is 17.3 Å². The van der Waals surface area contributed by atoms with Gasteiger partial charge in [-0.3, -0.25) is 9.59 Å². The smallest absolute Gasteiger partial charge is 0.439 e. The van der Waals surface area contributed by atoms with Crippen molar-refractivity contribution in [2.75, 3.05) is 24.4 Å². The minimum atomic E-state index is -0.676. The number of allylic oxidation sites excluding steroid dienone is 1. The van der Waals surface area contributed by atoms with E-state index in [-0.39, 0.29) is 41.9 Å². The van der Waals surface area contributed by atoms with Crippen molar-refractivity contribution in [2.24, 2.45) is 26.4 Å². The molecule has 0 saturated carbocycles. The van der Waals surface area contributed by atoms with E-state index in [1.165, 1.54) is 31.4 Å². The number of ketones is 1. The van der Waals surface area contributed by atoms with Crippen LogP contribution in [0, 0.1) is 23.0 Å². The first kappa shape index (κ1) is 40.0. The number of amides is 2. The van der Waals surface area contributed by atoms with E-state index in [4.69, 9.17) is 15.2 Å². The van der Waals surface area contributed by atoms with Crippen LogP contribution in [0.4, 0.5) is 19.4 Å². The molecule has 2 amide bonds. The van der Waals surface area contributed by atoms with Gasteiger partial charge in [-0.25, -0.2) is 23.6 Å². The van der Waals surface area contributed by atoms with Gasteiger partial charge in [0, 0.05) is 47.4 Å². The number of nitrogens with one attached hydrogen (secondary N) is 2. The number of amidine groups is 1. The average molecular weight is 737 g/mol. The van der Waals surface area contributed by atoms with Gasteiger partial charge in [0.2, 0.25) is 5.91 Å². The molecular weight excluding hydrogens is 691 g/mol. The number of Topliss-reactive ketones (excluding diaryl/α,β-unsaturated/α-hetero) is 1. The van der Waals surface area contributed by atoms with Crippen LogP contribution in [0.1, 0.15) is 51.7 Å². The molecule has 278 valence electrons. The molecule has 4 atom stereocenters. The van der Waals surface area contributed by atoms with Crippen molar-refractivity contribution in [3.8, 4) is 16.9 Å². The van der Waals surface area contributed by atoms with Crippen LogP contribution in [0.3, 0.4) is 0 Å². The molecule has 2 aromatic carbocycles. The Bertz CT molecular complexity index is 1870. The Hall–Kier alpha value is -4.82. The molecular formula is C38H46F2N6O5S. The van der Waals surface area contributed by atoms with Gasteiger partial charge in [0.1, 0.15) is 35.6 Å². The lowest BCUT2D eigenvalue weighted by Gasteiger charge is -2.29. The fraction of sp³-hybridized carbons (Fsp3) is 0.395. The number of pyridine rings is 1. The van der Waals surface area contributed by atoms with Gasteiger partial charge < -0.3 is 25.8 Å². The number of halogens is 2. The number of carbonyl (C=O) groups excluding carboxylic acids is 3. The van der Waals surface area contributed by atoms with Crippen molar-refractivity contribution in [3.63, 3.8) is 0 Å². The number of benzene rings is 2. The molecule has 4 N–H and O–H groups in total. The lowest BCUT2D eigenvalue weighted by Crippen LogP contribution is -2.49. The monoisotopic (exact) mass is 736 g/mol. The Morgan fingerprint density at radius 2 is 1.77 bits per heavy atom. The van der Waals surface area contributed by atoms with Crippen molar-refractivity contribution < 1.29 is 32.6 Å². The van der Waals surface area contributed by atoms with Crippen LogP contribution < -0.4 is 21.1 Å². The Labute approximate surface area is 305 Å². The first-order chi connectivity index (χ1) is 24.7. The number of methoxy groups -OCH3 is 1. The molecule has 2 unspecified atom stereocenters. The lowest BCUT2D eigenvalue weighted by atomic mass is 9.87. The van der Waals surface area contributed by atoms with E-state index in [1.807, 2.05) is 57.4 Å². The molecule has 1 aromatic heterocycles. The number of aliphatic imine (C=N–C) groups is 1. The first-order valence-electron chi connectivity index (χ1n) is 16.8. The summed E-state index contributed by atoms with van der Waals surface area (Å²) in [7, 11) is 0.713. The van der Waals surface area contributed by atoms with Crippen molar-refractivity contribution >= 4 is 40.1 Å². The molecule has 3 aromatic rings. The predicted molar refractivity (Wildman–Crippen MR) is 200 cm³/mol. The summed E-state index contributed by atoms with van der Waals surface area (Å²) in [4.78, 5) is 45.9. The summed E-state index contributed by atoms with van der Waals surface area (Å²) < 4.78 is 43.4. The number of nitrogens with zero attached hydrogens (tertiary/aromatic N) is 3. The minimum absolute atomic E-state index is 0.0275. The second-order valence-corrected chi connectivity index (χ2v) is 15.1. The predicted octanol–water partition coefficient (Wildman–Crippen LogP) is 6.53. The number of rotatable bonds is 14. The lowest BCUT2D eigenvalue weighted by molar-refractivity contribution is -0.128. The van der Waals surface area contributed by atoms with Gasteiger partial charge in [-0.15, -0.1) is 0 Å². The molecule has 1 aliphatic heterocycles. The highest BCUT2D eigenvalue weighted by Crippen LogP contribution is 2.34. The van der Waals surface area contributed by atoms with Crippen LogP contribution >= 0.6 is 0 Å². The highest BCUT2D eigenvalue weighted by atomic mass is 32.2. The molecule has 0 spiro atoms. The van der Waals surface area contributed by atoms with E-state index in [0.29, 0.717) is 35.8 Å². The standard InChI is InChI=1S/C38H46F2N6O5S/c1-23(2)35(41)36(48)44-24(3)31(47)14-11-25-7-9-26(10-8-25)21-51-37(49)46-52(6)22-38(4)15-16-42-34(19-38)45-33-18-29(30(40)20-43-33)28-13-12-27(39)17-32(28)50-5/h7-10,12-13,15-18,20,23-24,35H,11,14,19,21-22,41H2,1-6H3,(H,44,48)(H,42,43,45)/t24-,35-,38?,52?/m0/s1. The first-order valence-corrected chi connectivity index (χ1v) is 18.6. The van der Waals surface area contributed by atoms with Crippen LogP contribution in [0.25, 0.3) is 11.1 Å². The van der Waals surface area contributed by atoms with Crippen LogP contribution in [-0.2, 0) is 38.0 Å². The maximum atomic E-state index is 14.8. The van der Waals surface area contributed by atoms with Crippen LogP contribution in [0.2, 0.25) is 0 Å². The summed E-state index contributed by atoms with van der Waals surface area (Å²) in [5, 5.41) is 5.85. The zero-order valence-corrected chi connectivity index (χ0v) is 31.1. The molecule has 0 saturated heterocycles. The third-order valence-corrected chi connectivity index (χ3v) is 10.1. The maximum absolute atomic E-state index is 14.8. The number of ether oxygens (including phenoxy) is 2. The Balaban J connectivity index is 1.26. The molecule has 0 fully saturated rings. The molecule has 0 radical (unpaired) electrons. The van der Waals surface area contributed by atoms with Gasteiger partial charge in [-0.1, -0.05) is 61.8 Å². The third kappa shape index (κ3) is 11.3. The second kappa shape index (κ2) is 18.1. The minimum Gasteiger partial charge on any atom is -0.496 e. The van der Waals surface area contributed by atoms with Crippen molar-refractivity contribution in [2.45, 2.75) is 65.6 Å². The third-order valence-electron chi connectivity index (χ3n) is 8.54. The normalized spacial score (nSPS) is 17.2. The van der Waals surface area contributed by atoms with Crippen molar-refractivity contribution in [1.29, 1.82) is 0 Å². The number of aromatic nitrogens is 1. The summed E-state index contributed by atoms with van der Waals surface area (Å²) in [6.45, 7) is 7.44. The van der Waals surface area contributed by atoms with Gasteiger partial charge in [-0.05, 0) is 54.8 Å². The fourth-order valence-corrected chi connectivity index (χ4v) is 7.03. The summed E-state index contributed by atoms with van der Waals surface area (Å²) in [6.07, 6.45) is 7.18. The van der Waals surface area contributed by atoms with E-state index >= 15 is 0 Å². The van der Waals surface area contributed by atoms with E-state index in [9.17, 15) is 23.2 Å². The van der Waals surface area contributed by atoms with Gasteiger partial charge in [0.25, 0.3) is 0 Å².